The van der Waals surface area contributed by atoms with Gasteiger partial charge in [0.1, 0.15) is 11.6 Å². The average molecular weight is 350 g/mol. The molecular formula is C16H13ClFN3O3. The Morgan fingerprint density at radius 2 is 1.88 bits per heavy atom. The van der Waals surface area contributed by atoms with Crippen molar-refractivity contribution in [2.24, 2.45) is 5.10 Å². The predicted octanol–water partition coefficient (Wildman–Crippen LogP) is 2.58. The van der Waals surface area contributed by atoms with Crippen molar-refractivity contribution in [3.05, 3.63) is 58.9 Å². The summed E-state index contributed by atoms with van der Waals surface area (Å²) >= 11 is 5.84. The maximum Gasteiger partial charge on any atom is 0.329 e. The summed E-state index contributed by atoms with van der Waals surface area (Å²) in [5.41, 5.74) is 2.89. The minimum Gasteiger partial charge on any atom is -0.495 e. The molecule has 0 aliphatic heterocycles. The molecular weight excluding hydrogens is 337 g/mol. The summed E-state index contributed by atoms with van der Waals surface area (Å²) < 4.78 is 17.8. The molecule has 0 aliphatic carbocycles. The minimum atomic E-state index is -0.976. The van der Waals surface area contributed by atoms with Gasteiger partial charge in [-0.3, -0.25) is 9.59 Å². The molecule has 124 valence electrons. The number of ether oxygens (including phenoxy) is 1. The number of nitrogens with one attached hydrogen (secondary N) is 2. The molecule has 0 fully saturated rings. The SMILES string of the molecule is COc1ccc(Cl)cc1NC(=O)C(=O)N/N=C\c1ccc(F)cc1. The summed E-state index contributed by atoms with van der Waals surface area (Å²) in [5.74, 6) is -1.94. The average Bonchev–Trinajstić information content (AvgIpc) is 2.56. The molecule has 0 heterocycles. The van der Waals surface area contributed by atoms with Gasteiger partial charge in [0.2, 0.25) is 0 Å². The predicted molar refractivity (Wildman–Crippen MR) is 88.8 cm³/mol. The molecule has 6 nitrogen and oxygen atoms in total. The Balaban J connectivity index is 1.96. The van der Waals surface area contributed by atoms with Crippen LogP contribution in [0.2, 0.25) is 5.02 Å². The lowest BCUT2D eigenvalue weighted by molar-refractivity contribution is -0.136. The highest BCUT2D eigenvalue weighted by molar-refractivity contribution is 6.40. The number of carbonyl (C=O) groups excluding carboxylic acids is 2. The fraction of sp³-hybridized carbons (Fsp3) is 0.0625. The van der Waals surface area contributed by atoms with Crippen LogP contribution in [0.15, 0.2) is 47.6 Å². The summed E-state index contributed by atoms with van der Waals surface area (Å²) in [6.45, 7) is 0. The number of hydrogen-bond acceptors (Lipinski definition) is 4. The van der Waals surface area contributed by atoms with E-state index in [0.29, 0.717) is 16.3 Å². The van der Waals surface area contributed by atoms with Crippen LogP contribution >= 0.6 is 11.6 Å². The minimum absolute atomic E-state index is 0.257. The molecule has 0 atom stereocenters. The number of amides is 2. The Hall–Kier alpha value is -2.93. The number of hydrogen-bond donors (Lipinski definition) is 2. The van der Waals surface area contributed by atoms with E-state index in [0.717, 1.165) is 0 Å². The van der Waals surface area contributed by atoms with Crippen LogP contribution in [0.5, 0.6) is 5.75 Å². The van der Waals surface area contributed by atoms with Gasteiger partial charge in [0.25, 0.3) is 0 Å². The van der Waals surface area contributed by atoms with Crippen LogP contribution < -0.4 is 15.5 Å². The Labute approximate surface area is 142 Å². The number of hydrazone groups is 1. The summed E-state index contributed by atoms with van der Waals surface area (Å²) in [6, 6.07) is 10.0. The summed E-state index contributed by atoms with van der Waals surface area (Å²) in [5, 5.41) is 6.38. The molecule has 0 aromatic heterocycles. The van der Waals surface area contributed by atoms with Gasteiger partial charge in [-0.1, -0.05) is 23.7 Å². The Morgan fingerprint density at radius 1 is 1.17 bits per heavy atom. The largest absolute Gasteiger partial charge is 0.495 e. The van der Waals surface area contributed by atoms with E-state index < -0.39 is 11.8 Å². The van der Waals surface area contributed by atoms with Crippen LogP contribution in [0.25, 0.3) is 0 Å². The van der Waals surface area contributed by atoms with Gasteiger partial charge >= 0.3 is 11.8 Å². The number of nitrogens with zero attached hydrogens (tertiary/aromatic N) is 1. The second-order valence-electron chi connectivity index (χ2n) is 4.55. The van der Waals surface area contributed by atoms with Crippen LogP contribution in [-0.4, -0.2) is 25.1 Å². The first-order chi connectivity index (χ1) is 11.5. The van der Waals surface area contributed by atoms with E-state index in [-0.39, 0.29) is 11.5 Å². The molecule has 2 aromatic carbocycles. The molecule has 0 unspecified atom stereocenters. The van der Waals surface area contributed by atoms with Gasteiger partial charge in [-0.2, -0.15) is 5.10 Å². The molecule has 0 saturated heterocycles. The van der Waals surface area contributed by atoms with Gasteiger partial charge in [0.05, 0.1) is 19.0 Å². The zero-order chi connectivity index (χ0) is 17.5. The number of rotatable bonds is 4. The quantitative estimate of drug-likeness (QED) is 0.506. The number of benzene rings is 2. The Bertz CT molecular complexity index is 779. The maximum absolute atomic E-state index is 12.8. The molecule has 0 saturated carbocycles. The number of carbonyl (C=O) groups is 2. The summed E-state index contributed by atoms with van der Waals surface area (Å²) in [4.78, 5) is 23.5. The van der Waals surface area contributed by atoms with E-state index in [4.69, 9.17) is 16.3 Å². The summed E-state index contributed by atoms with van der Waals surface area (Å²) in [7, 11) is 1.42. The third-order valence-electron chi connectivity index (χ3n) is 2.87. The van der Waals surface area contributed by atoms with Crippen LogP contribution in [0.4, 0.5) is 10.1 Å². The van der Waals surface area contributed by atoms with Crippen LogP contribution in [0.1, 0.15) is 5.56 Å². The lowest BCUT2D eigenvalue weighted by Gasteiger charge is -2.09. The van der Waals surface area contributed by atoms with Crippen molar-refractivity contribution in [3.63, 3.8) is 0 Å². The van der Waals surface area contributed by atoms with Crippen LogP contribution in [-0.2, 0) is 9.59 Å². The van der Waals surface area contributed by atoms with Crippen molar-refractivity contribution in [1.82, 2.24) is 5.43 Å². The zero-order valence-electron chi connectivity index (χ0n) is 12.5. The molecule has 2 N–H and O–H groups in total. The van der Waals surface area contributed by atoms with E-state index in [1.54, 1.807) is 12.1 Å². The Kier molecular flexibility index (Phi) is 5.86. The highest BCUT2D eigenvalue weighted by atomic mass is 35.5. The van der Waals surface area contributed by atoms with Gasteiger partial charge in [-0.15, -0.1) is 0 Å². The van der Waals surface area contributed by atoms with Crippen molar-refractivity contribution >= 4 is 35.3 Å². The van der Waals surface area contributed by atoms with Crippen molar-refractivity contribution in [1.29, 1.82) is 0 Å². The Morgan fingerprint density at radius 3 is 2.54 bits per heavy atom. The zero-order valence-corrected chi connectivity index (χ0v) is 13.3. The lowest BCUT2D eigenvalue weighted by Crippen LogP contribution is -2.32. The fourth-order valence-electron chi connectivity index (χ4n) is 1.72. The molecule has 0 aliphatic rings. The van der Waals surface area contributed by atoms with E-state index in [1.165, 1.54) is 43.7 Å². The molecule has 2 aromatic rings. The van der Waals surface area contributed by atoms with Crippen molar-refractivity contribution in [2.75, 3.05) is 12.4 Å². The topological polar surface area (TPSA) is 79.8 Å². The fourth-order valence-corrected chi connectivity index (χ4v) is 1.89. The van der Waals surface area contributed by atoms with Crippen LogP contribution in [0, 0.1) is 5.82 Å². The van der Waals surface area contributed by atoms with E-state index in [1.807, 2.05) is 0 Å². The van der Waals surface area contributed by atoms with Gasteiger partial charge in [0, 0.05) is 5.02 Å². The maximum atomic E-state index is 12.8. The molecule has 24 heavy (non-hydrogen) atoms. The molecule has 0 spiro atoms. The van der Waals surface area contributed by atoms with Gasteiger partial charge < -0.3 is 10.1 Å². The van der Waals surface area contributed by atoms with Gasteiger partial charge in [-0.05, 0) is 35.9 Å². The van der Waals surface area contributed by atoms with E-state index in [2.05, 4.69) is 15.8 Å². The summed E-state index contributed by atoms with van der Waals surface area (Å²) in [6.07, 6.45) is 1.28. The highest BCUT2D eigenvalue weighted by Crippen LogP contribution is 2.27. The lowest BCUT2D eigenvalue weighted by atomic mass is 10.2. The third-order valence-corrected chi connectivity index (χ3v) is 3.10. The normalized spacial score (nSPS) is 10.5. The highest BCUT2D eigenvalue weighted by Gasteiger charge is 2.15. The standard InChI is InChI=1S/C16H13ClFN3O3/c1-24-14-7-4-11(17)8-13(14)20-15(22)16(23)21-19-9-10-2-5-12(18)6-3-10/h2-9H,1H3,(H,20,22)(H,21,23)/b19-9-. The first-order valence-corrected chi connectivity index (χ1v) is 7.11. The molecule has 2 rings (SSSR count). The first-order valence-electron chi connectivity index (χ1n) is 6.73. The van der Waals surface area contributed by atoms with E-state index in [9.17, 15) is 14.0 Å². The number of anilines is 1. The number of halogens is 2. The second kappa shape index (κ2) is 8.07. The third kappa shape index (κ3) is 4.79. The molecule has 8 heteroatoms. The number of methoxy groups -OCH3 is 1. The molecule has 0 bridgehead atoms. The van der Waals surface area contributed by atoms with Gasteiger partial charge in [0.15, 0.2) is 0 Å². The monoisotopic (exact) mass is 349 g/mol. The smallest absolute Gasteiger partial charge is 0.329 e. The van der Waals surface area contributed by atoms with Crippen molar-refractivity contribution in [2.45, 2.75) is 0 Å². The van der Waals surface area contributed by atoms with Gasteiger partial charge in [-0.25, -0.2) is 9.82 Å². The van der Waals surface area contributed by atoms with E-state index >= 15 is 0 Å². The van der Waals surface area contributed by atoms with Crippen molar-refractivity contribution in [3.8, 4) is 5.75 Å². The molecule has 2 amide bonds. The molecule has 0 radical (unpaired) electrons. The van der Waals surface area contributed by atoms with Crippen molar-refractivity contribution < 1.29 is 18.7 Å². The first kappa shape index (κ1) is 17.4. The van der Waals surface area contributed by atoms with Crippen LogP contribution in [0.3, 0.4) is 0 Å². The second-order valence-corrected chi connectivity index (χ2v) is 4.99.